The summed E-state index contributed by atoms with van der Waals surface area (Å²) >= 11 is 0. The van der Waals surface area contributed by atoms with Crippen LogP contribution in [0.3, 0.4) is 0 Å². The van der Waals surface area contributed by atoms with Gasteiger partial charge in [0.05, 0.1) is 5.56 Å². The Morgan fingerprint density at radius 3 is 2.75 bits per heavy atom. The number of hydrogen-bond acceptors (Lipinski definition) is 2. The third kappa shape index (κ3) is 2.19. The van der Waals surface area contributed by atoms with E-state index in [1.807, 2.05) is 0 Å². The summed E-state index contributed by atoms with van der Waals surface area (Å²) in [5, 5.41) is 0. The molecule has 0 amide bonds. The highest BCUT2D eigenvalue weighted by molar-refractivity contribution is 5.97. The molecule has 0 unspecified atom stereocenters. The van der Waals surface area contributed by atoms with Gasteiger partial charge in [-0.2, -0.15) is 0 Å². The Balaban J connectivity index is 2.17. The first-order chi connectivity index (χ1) is 7.66. The van der Waals surface area contributed by atoms with E-state index < -0.39 is 0 Å². The van der Waals surface area contributed by atoms with Crippen molar-refractivity contribution in [2.24, 2.45) is 0 Å². The fraction of sp³-hybridized carbons (Fsp3) is 0.154. The molecule has 0 atom stereocenters. The molecule has 0 saturated heterocycles. The number of rotatable bonds is 3. The van der Waals surface area contributed by atoms with Crippen LogP contribution in [0, 0.1) is 12.7 Å². The van der Waals surface area contributed by atoms with Crippen molar-refractivity contribution in [3.05, 3.63) is 59.3 Å². The van der Waals surface area contributed by atoms with Gasteiger partial charge in [-0.25, -0.2) is 4.39 Å². The highest BCUT2D eigenvalue weighted by atomic mass is 19.1. The van der Waals surface area contributed by atoms with E-state index in [-0.39, 0.29) is 18.0 Å². The lowest BCUT2D eigenvalue weighted by atomic mass is 10.0. The number of halogens is 1. The van der Waals surface area contributed by atoms with E-state index in [0.29, 0.717) is 16.9 Å². The minimum absolute atomic E-state index is 0.0612. The SMILES string of the molecule is Cc1cc(C(=O)Cc2ccccc2F)co1. The number of hydrogen-bond donors (Lipinski definition) is 0. The molecule has 0 radical (unpaired) electrons. The Kier molecular flexibility index (Phi) is 2.86. The molecule has 3 heteroatoms. The molecule has 1 aromatic carbocycles. The van der Waals surface area contributed by atoms with Gasteiger partial charge in [0.2, 0.25) is 0 Å². The van der Waals surface area contributed by atoms with E-state index in [4.69, 9.17) is 4.42 Å². The van der Waals surface area contributed by atoms with Crippen molar-refractivity contribution in [2.45, 2.75) is 13.3 Å². The van der Waals surface area contributed by atoms with Crippen molar-refractivity contribution in [1.82, 2.24) is 0 Å². The van der Waals surface area contributed by atoms with Gasteiger partial charge in [0.25, 0.3) is 0 Å². The lowest BCUT2D eigenvalue weighted by molar-refractivity contribution is 0.0991. The maximum Gasteiger partial charge on any atom is 0.170 e. The van der Waals surface area contributed by atoms with E-state index in [1.54, 1.807) is 31.2 Å². The molecule has 16 heavy (non-hydrogen) atoms. The molecule has 2 aromatic rings. The molecule has 1 heterocycles. The molecule has 0 fully saturated rings. The third-order valence-electron chi connectivity index (χ3n) is 2.36. The topological polar surface area (TPSA) is 30.2 Å². The number of aryl methyl sites for hydroxylation is 1. The Morgan fingerprint density at radius 2 is 2.12 bits per heavy atom. The Labute approximate surface area is 92.7 Å². The molecule has 1 aromatic heterocycles. The number of carbonyl (C=O) groups is 1. The van der Waals surface area contributed by atoms with Gasteiger partial charge >= 0.3 is 0 Å². The van der Waals surface area contributed by atoms with Crippen LogP contribution in [0.2, 0.25) is 0 Å². The van der Waals surface area contributed by atoms with Crippen LogP contribution in [0.4, 0.5) is 4.39 Å². The first-order valence-corrected chi connectivity index (χ1v) is 4.98. The first kappa shape index (κ1) is 10.6. The molecule has 0 aliphatic rings. The molecule has 0 spiro atoms. The van der Waals surface area contributed by atoms with Crippen LogP contribution in [0.5, 0.6) is 0 Å². The molecular weight excluding hydrogens is 207 g/mol. The van der Waals surface area contributed by atoms with Gasteiger partial charge in [0.15, 0.2) is 5.78 Å². The van der Waals surface area contributed by atoms with Crippen LogP contribution in [-0.4, -0.2) is 5.78 Å². The van der Waals surface area contributed by atoms with Gasteiger partial charge < -0.3 is 4.42 Å². The number of carbonyl (C=O) groups excluding carboxylic acids is 1. The van der Waals surface area contributed by atoms with Crippen LogP contribution in [0.1, 0.15) is 21.7 Å². The molecule has 82 valence electrons. The van der Waals surface area contributed by atoms with E-state index in [9.17, 15) is 9.18 Å². The van der Waals surface area contributed by atoms with Crippen molar-refractivity contribution < 1.29 is 13.6 Å². The minimum atomic E-state index is -0.351. The Bertz CT molecular complexity index is 514. The average Bonchev–Trinajstić information content (AvgIpc) is 2.68. The van der Waals surface area contributed by atoms with Crippen LogP contribution in [-0.2, 0) is 6.42 Å². The molecule has 0 aliphatic carbocycles. The summed E-state index contributed by atoms with van der Waals surface area (Å²) in [5.41, 5.74) is 0.895. The van der Waals surface area contributed by atoms with Crippen molar-refractivity contribution in [2.75, 3.05) is 0 Å². The summed E-state index contributed by atoms with van der Waals surface area (Å²) in [5.74, 6) is 0.190. The summed E-state index contributed by atoms with van der Waals surface area (Å²) in [7, 11) is 0. The normalized spacial score (nSPS) is 10.4. The highest BCUT2D eigenvalue weighted by Crippen LogP contribution is 2.13. The Morgan fingerprint density at radius 1 is 1.38 bits per heavy atom. The predicted octanol–water partition coefficient (Wildman–Crippen LogP) is 3.15. The van der Waals surface area contributed by atoms with Crippen LogP contribution in [0.25, 0.3) is 0 Å². The van der Waals surface area contributed by atoms with Gasteiger partial charge in [-0.05, 0) is 24.6 Å². The minimum Gasteiger partial charge on any atom is -0.469 e. The number of furan rings is 1. The second-order valence-corrected chi connectivity index (χ2v) is 3.64. The smallest absolute Gasteiger partial charge is 0.170 e. The monoisotopic (exact) mass is 218 g/mol. The lowest BCUT2D eigenvalue weighted by Gasteiger charge is -2.00. The highest BCUT2D eigenvalue weighted by Gasteiger charge is 2.11. The molecular formula is C13H11FO2. The third-order valence-corrected chi connectivity index (χ3v) is 2.36. The number of Topliss-reactive ketones (excluding diaryl/α,β-unsaturated/α-hetero) is 1. The number of ketones is 1. The summed E-state index contributed by atoms with van der Waals surface area (Å²) in [6.07, 6.45) is 1.46. The zero-order valence-electron chi connectivity index (χ0n) is 8.87. The van der Waals surface area contributed by atoms with Crippen LogP contribution in [0.15, 0.2) is 41.0 Å². The van der Waals surface area contributed by atoms with Crippen LogP contribution >= 0.6 is 0 Å². The molecule has 0 bridgehead atoms. The Hall–Kier alpha value is -1.90. The largest absolute Gasteiger partial charge is 0.469 e. The maximum absolute atomic E-state index is 13.3. The second-order valence-electron chi connectivity index (χ2n) is 3.64. The fourth-order valence-electron chi connectivity index (χ4n) is 1.51. The molecule has 2 rings (SSSR count). The molecule has 0 aliphatic heterocycles. The van der Waals surface area contributed by atoms with E-state index in [1.165, 1.54) is 12.3 Å². The van der Waals surface area contributed by atoms with E-state index in [2.05, 4.69) is 0 Å². The standard InChI is InChI=1S/C13H11FO2/c1-9-6-11(8-16-9)13(15)7-10-4-2-3-5-12(10)14/h2-6,8H,7H2,1H3. The fourth-order valence-corrected chi connectivity index (χ4v) is 1.51. The molecule has 2 nitrogen and oxygen atoms in total. The van der Waals surface area contributed by atoms with Crippen molar-refractivity contribution in [3.63, 3.8) is 0 Å². The van der Waals surface area contributed by atoms with E-state index >= 15 is 0 Å². The first-order valence-electron chi connectivity index (χ1n) is 4.98. The zero-order chi connectivity index (χ0) is 11.5. The van der Waals surface area contributed by atoms with Gasteiger partial charge in [-0.1, -0.05) is 18.2 Å². The van der Waals surface area contributed by atoms with Crippen LogP contribution < -0.4 is 0 Å². The second kappa shape index (κ2) is 4.31. The molecule has 0 N–H and O–H groups in total. The van der Waals surface area contributed by atoms with Gasteiger partial charge in [-0.15, -0.1) is 0 Å². The lowest BCUT2D eigenvalue weighted by Crippen LogP contribution is -2.03. The maximum atomic E-state index is 13.3. The molecule has 0 saturated carbocycles. The quantitative estimate of drug-likeness (QED) is 0.741. The van der Waals surface area contributed by atoms with Crippen molar-refractivity contribution >= 4 is 5.78 Å². The summed E-state index contributed by atoms with van der Waals surface area (Å²) in [4.78, 5) is 11.8. The predicted molar refractivity (Wildman–Crippen MR) is 57.9 cm³/mol. The van der Waals surface area contributed by atoms with E-state index in [0.717, 1.165) is 0 Å². The van der Waals surface area contributed by atoms with Crippen molar-refractivity contribution in [1.29, 1.82) is 0 Å². The van der Waals surface area contributed by atoms with Gasteiger partial charge in [0, 0.05) is 6.42 Å². The summed E-state index contributed by atoms with van der Waals surface area (Å²) in [6.45, 7) is 1.76. The summed E-state index contributed by atoms with van der Waals surface area (Å²) in [6, 6.07) is 7.93. The van der Waals surface area contributed by atoms with Gasteiger partial charge in [0.1, 0.15) is 17.8 Å². The van der Waals surface area contributed by atoms with Gasteiger partial charge in [-0.3, -0.25) is 4.79 Å². The average molecular weight is 218 g/mol. The zero-order valence-corrected chi connectivity index (χ0v) is 8.87. The van der Waals surface area contributed by atoms with Crippen molar-refractivity contribution in [3.8, 4) is 0 Å². The number of benzene rings is 1. The summed E-state index contributed by atoms with van der Waals surface area (Å²) < 4.78 is 18.3.